The molecule has 1 saturated heterocycles. The Bertz CT molecular complexity index is 429. The lowest BCUT2D eigenvalue weighted by Crippen LogP contribution is -2.35. The number of thiocarbonyl (C=S) groups is 1. The first kappa shape index (κ1) is 14.1. The Balaban J connectivity index is 1.88. The van der Waals surface area contributed by atoms with Crippen LogP contribution < -0.4 is 11.1 Å². The number of hydrogen-bond acceptors (Lipinski definition) is 5. The summed E-state index contributed by atoms with van der Waals surface area (Å²) in [4.78, 5) is 2.84. The first-order chi connectivity index (χ1) is 9.20. The SMILES string of the molecule is CCN1CCC(CNc2nnccc2C(N)=S)CC1. The lowest BCUT2D eigenvalue weighted by Gasteiger charge is -2.31. The van der Waals surface area contributed by atoms with Crippen molar-refractivity contribution in [2.45, 2.75) is 19.8 Å². The molecule has 104 valence electrons. The predicted octanol–water partition coefficient (Wildman–Crippen LogP) is 1.25. The van der Waals surface area contributed by atoms with Crippen molar-refractivity contribution in [1.29, 1.82) is 0 Å². The Morgan fingerprint density at radius 2 is 2.26 bits per heavy atom. The molecule has 0 unspecified atom stereocenters. The van der Waals surface area contributed by atoms with Crippen molar-refractivity contribution in [2.24, 2.45) is 11.7 Å². The maximum absolute atomic E-state index is 5.68. The van der Waals surface area contributed by atoms with Crippen LogP contribution in [-0.4, -0.2) is 46.3 Å². The third kappa shape index (κ3) is 3.84. The monoisotopic (exact) mass is 279 g/mol. The number of rotatable bonds is 5. The van der Waals surface area contributed by atoms with Crippen molar-refractivity contribution < 1.29 is 0 Å². The summed E-state index contributed by atoms with van der Waals surface area (Å²) in [6.07, 6.45) is 4.06. The molecule has 5 nitrogen and oxygen atoms in total. The third-order valence-electron chi connectivity index (χ3n) is 3.70. The van der Waals surface area contributed by atoms with Gasteiger partial charge in [-0.3, -0.25) is 0 Å². The van der Waals surface area contributed by atoms with E-state index in [2.05, 4.69) is 27.3 Å². The number of piperidine rings is 1. The van der Waals surface area contributed by atoms with Crippen molar-refractivity contribution in [3.05, 3.63) is 17.8 Å². The van der Waals surface area contributed by atoms with E-state index in [1.54, 1.807) is 12.3 Å². The van der Waals surface area contributed by atoms with Gasteiger partial charge in [-0.25, -0.2) is 0 Å². The molecule has 1 aromatic rings. The summed E-state index contributed by atoms with van der Waals surface area (Å²) in [5, 5.41) is 11.3. The number of nitrogens with two attached hydrogens (primary N) is 1. The van der Waals surface area contributed by atoms with E-state index in [9.17, 15) is 0 Å². The predicted molar refractivity (Wildman–Crippen MR) is 81.2 cm³/mol. The summed E-state index contributed by atoms with van der Waals surface area (Å²) < 4.78 is 0. The summed E-state index contributed by atoms with van der Waals surface area (Å²) in [6, 6.07) is 1.80. The normalized spacial score (nSPS) is 17.3. The molecule has 0 aliphatic carbocycles. The van der Waals surface area contributed by atoms with Gasteiger partial charge in [-0.1, -0.05) is 19.1 Å². The van der Waals surface area contributed by atoms with Crippen molar-refractivity contribution >= 4 is 23.0 Å². The van der Waals surface area contributed by atoms with Crippen molar-refractivity contribution in [1.82, 2.24) is 15.1 Å². The summed E-state index contributed by atoms with van der Waals surface area (Å²) in [5.74, 6) is 1.39. The number of nitrogens with one attached hydrogen (secondary N) is 1. The van der Waals surface area contributed by atoms with Gasteiger partial charge in [-0.2, -0.15) is 5.10 Å². The van der Waals surface area contributed by atoms with Gasteiger partial charge in [0.05, 0.1) is 11.8 Å². The van der Waals surface area contributed by atoms with E-state index in [1.165, 1.54) is 25.9 Å². The van der Waals surface area contributed by atoms with Crippen molar-refractivity contribution in [2.75, 3.05) is 31.5 Å². The molecule has 1 aliphatic rings. The first-order valence-corrected chi connectivity index (χ1v) is 7.19. The van der Waals surface area contributed by atoms with Crippen LogP contribution in [0.5, 0.6) is 0 Å². The van der Waals surface area contributed by atoms with Gasteiger partial charge in [0.2, 0.25) is 0 Å². The van der Waals surface area contributed by atoms with Crippen LogP contribution in [0, 0.1) is 5.92 Å². The first-order valence-electron chi connectivity index (χ1n) is 6.78. The van der Waals surface area contributed by atoms with Gasteiger partial charge in [0, 0.05) is 6.54 Å². The molecule has 0 bridgehead atoms. The molecule has 0 aromatic carbocycles. The van der Waals surface area contributed by atoms with E-state index in [-0.39, 0.29) is 0 Å². The molecule has 2 rings (SSSR count). The molecule has 1 fully saturated rings. The molecule has 0 amide bonds. The Hall–Kier alpha value is -1.27. The maximum atomic E-state index is 5.68. The van der Waals surface area contributed by atoms with Crippen molar-refractivity contribution in [3.8, 4) is 0 Å². The van der Waals surface area contributed by atoms with E-state index in [0.29, 0.717) is 16.7 Å². The Labute approximate surface area is 119 Å². The standard InChI is InChI=1S/C13H21N5S/c1-2-18-7-4-10(5-8-18)9-15-13-11(12(14)19)3-6-16-17-13/h3,6,10H,2,4-5,7-9H2,1H3,(H2,14,19)(H,15,17). The average molecular weight is 279 g/mol. The zero-order valence-corrected chi connectivity index (χ0v) is 12.1. The molecular formula is C13H21N5S. The van der Waals surface area contributed by atoms with Crippen LogP contribution in [-0.2, 0) is 0 Å². The lowest BCUT2D eigenvalue weighted by molar-refractivity contribution is 0.198. The average Bonchev–Trinajstić information content (AvgIpc) is 2.46. The molecule has 6 heteroatoms. The molecule has 2 heterocycles. The topological polar surface area (TPSA) is 67.1 Å². The molecular weight excluding hydrogens is 258 g/mol. The summed E-state index contributed by atoms with van der Waals surface area (Å²) in [6.45, 7) is 6.64. The summed E-state index contributed by atoms with van der Waals surface area (Å²) in [5.41, 5.74) is 6.45. The fourth-order valence-electron chi connectivity index (χ4n) is 2.41. The zero-order chi connectivity index (χ0) is 13.7. The van der Waals surface area contributed by atoms with Crippen LogP contribution >= 0.6 is 12.2 Å². The number of nitrogens with zero attached hydrogens (tertiary/aromatic N) is 3. The van der Waals surface area contributed by atoms with E-state index in [0.717, 1.165) is 18.7 Å². The van der Waals surface area contributed by atoms with Crippen LogP contribution in [0.1, 0.15) is 25.3 Å². The van der Waals surface area contributed by atoms with E-state index in [1.807, 2.05) is 0 Å². The second-order valence-corrected chi connectivity index (χ2v) is 5.36. The van der Waals surface area contributed by atoms with Gasteiger partial charge in [-0.15, -0.1) is 5.10 Å². The van der Waals surface area contributed by atoms with Gasteiger partial charge < -0.3 is 16.0 Å². The minimum Gasteiger partial charge on any atom is -0.389 e. The fraction of sp³-hybridized carbons (Fsp3) is 0.615. The van der Waals surface area contributed by atoms with E-state index >= 15 is 0 Å². The van der Waals surface area contributed by atoms with Gasteiger partial charge in [0.15, 0.2) is 5.82 Å². The highest BCUT2D eigenvalue weighted by Crippen LogP contribution is 2.18. The van der Waals surface area contributed by atoms with E-state index in [4.69, 9.17) is 18.0 Å². The summed E-state index contributed by atoms with van der Waals surface area (Å²) >= 11 is 5.01. The largest absolute Gasteiger partial charge is 0.389 e. The van der Waals surface area contributed by atoms with Crippen LogP contribution in [0.2, 0.25) is 0 Å². The molecule has 0 radical (unpaired) electrons. The van der Waals surface area contributed by atoms with E-state index < -0.39 is 0 Å². The Morgan fingerprint density at radius 1 is 1.53 bits per heavy atom. The molecule has 3 N–H and O–H groups in total. The van der Waals surface area contributed by atoms with Crippen LogP contribution in [0.4, 0.5) is 5.82 Å². The second-order valence-electron chi connectivity index (χ2n) is 4.92. The van der Waals surface area contributed by atoms with Crippen LogP contribution in [0.15, 0.2) is 12.3 Å². The summed E-state index contributed by atoms with van der Waals surface area (Å²) in [7, 11) is 0. The van der Waals surface area contributed by atoms with Crippen LogP contribution in [0.25, 0.3) is 0 Å². The Kier molecular flexibility index (Phi) is 5.04. The lowest BCUT2D eigenvalue weighted by atomic mass is 9.97. The zero-order valence-electron chi connectivity index (χ0n) is 11.3. The van der Waals surface area contributed by atoms with Gasteiger partial charge in [0.1, 0.15) is 4.99 Å². The number of hydrogen-bond donors (Lipinski definition) is 2. The Morgan fingerprint density at radius 3 is 2.89 bits per heavy atom. The molecule has 0 saturated carbocycles. The molecule has 1 aromatic heterocycles. The highest BCUT2D eigenvalue weighted by molar-refractivity contribution is 7.80. The smallest absolute Gasteiger partial charge is 0.158 e. The molecule has 0 spiro atoms. The minimum atomic E-state index is 0.359. The van der Waals surface area contributed by atoms with Crippen molar-refractivity contribution in [3.63, 3.8) is 0 Å². The number of anilines is 1. The quantitative estimate of drug-likeness (QED) is 0.791. The number of likely N-dealkylation sites (tertiary alicyclic amines) is 1. The highest BCUT2D eigenvalue weighted by atomic mass is 32.1. The second kappa shape index (κ2) is 6.77. The molecule has 1 aliphatic heterocycles. The van der Waals surface area contributed by atoms with Gasteiger partial charge in [0.25, 0.3) is 0 Å². The number of aromatic nitrogens is 2. The van der Waals surface area contributed by atoms with Gasteiger partial charge in [-0.05, 0) is 44.5 Å². The fourth-order valence-corrected chi connectivity index (χ4v) is 2.57. The third-order valence-corrected chi connectivity index (χ3v) is 3.92. The van der Waals surface area contributed by atoms with Gasteiger partial charge >= 0.3 is 0 Å². The highest BCUT2D eigenvalue weighted by Gasteiger charge is 2.18. The molecule has 19 heavy (non-hydrogen) atoms. The van der Waals surface area contributed by atoms with Crippen LogP contribution in [0.3, 0.4) is 0 Å². The molecule has 0 atom stereocenters. The minimum absolute atomic E-state index is 0.359. The maximum Gasteiger partial charge on any atom is 0.158 e.